The van der Waals surface area contributed by atoms with E-state index in [1.54, 1.807) is 20.3 Å². The highest BCUT2D eigenvalue weighted by Crippen LogP contribution is 2.33. The summed E-state index contributed by atoms with van der Waals surface area (Å²) in [6, 6.07) is 11.9. The summed E-state index contributed by atoms with van der Waals surface area (Å²) >= 11 is 0. The quantitative estimate of drug-likeness (QED) is 0.573. The normalized spacial score (nSPS) is 11.2. The highest BCUT2D eigenvalue weighted by Gasteiger charge is 2.18. The number of methoxy groups -OCH3 is 2. The fourth-order valence-corrected chi connectivity index (χ4v) is 3.08. The molecule has 0 saturated carbocycles. The van der Waals surface area contributed by atoms with Gasteiger partial charge in [0.15, 0.2) is 16.9 Å². The van der Waals surface area contributed by atoms with Crippen molar-refractivity contribution in [3.63, 3.8) is 0 Å². The zero-order valence-electron chi connectivity index (χ0n) is 14.6. The van der Waals surface area contributed by atoms with Crippen LogP contribution in [0.3, 0.4) is 0 Å². The minimum absolute atomic E-state index is 0.617. The molecule has 0 aliphatic heterocycles. The molecule has 0 N–H and O–H groups in total. The predicted octanol–water partition coefficient (Wildman–Crippen LogP) is 3.58. The Morgan fingerprint density at radius 1 is 0.960 bits per heavy atom. The van der Waals surface area contributed by atoms with Crippen molar-refractivity contribution < 1.29 is 9.47 Å². The van der Waals surface area contributed by atoms with Gasteiger partial charge in [-0.2, -0.15) is 0 Å². The van der Waals surface area contributed by atoms with E-state index in [1.807, 2.05) is 29.5 Å². The summed E-state index contributed by atoms with van der Waals surface area (Å²) in [5.74, 6) is 2.15. The van der Waals surface area contributed by atoms with Gasteiger partial charge < -0.3 is 9.47 Å². The van der Waals surface area contributed by atoms with Crippen molar-refractivity contribution in [2.45, 2.75) is 13.8 Å². The van der Waals surface area contributed by atoms with Gasteiger partial charge in [-0.05, 0) is 19.4 Å². The summed E-state index contributed by atoms with van der Waals surface area (Å²) in [4.78, 5) is 4.76. The molecule has 0 radical (unpaired) electrons. The smallest absolute Gasteiger partial charge is 0.183 e. The topological polar surface area (TPSA) is 61.5 Å². The number of benzene rings is 2. The molecule has 4 aromatic rings. The van der Waals surface area contributed by atoms with Crippen LogP contribution in [0.25, 0.3) is 28.1 Å². The number of aromatic nitrogens is 4. The molecule has 2 aromatic heterocycles. The molecule has 0 bridgehead atoms. The van der Waals surface area contributed by atoms with Gasteiger partial charge in [-0.15, -0.1) is 10.2 Å². The number of imidazole rings is 1. The van der Waals surface area contributed by atoms with Gasteiger partial charge in [0.25, 0.3) is 0 Å². The minimum Gasteiger partial charge on any atom is -0.497 e. The first-order valence-electron chi connectivity index (χ1n) is 7.97. The summed E-state index contributed by atoms with van der Waals surface area (Å²) in [5.41, 5.74) is 5.27. The third-order valence-electron chi connectivity index (χ3n) is 4.38. The Balaban J connectivity index is 2.18. The Morgan fingerprint density at radius 2 is 1.76 bits per heavy atom. The first kappa shape index (κ1) is 15.4. The van der Waals surface area contributed by atoms with E-state index in [9.17, 15) is 0 Å². The van der Waals surface area contributed by atoms with E-state index < -0.39 is 0 Å². The lowest BCUT2D eigenvalue weighted by Crippen LogP contribution is -2.00. The maximum atomic E-state index is 5.48. The number of hydrogen-bond donors (Lipinski definition) is 0. The van der Waals surface area contributed by atoms with Crippen LogP contribution < -0.4 is 9.47 Å². The molecule has 0 saturated heterocycles. The Labute approximate surface area is 145 Å². The molecule has 6 nitrogen and oxygen atoms in total. The van der Waals surface area contributed by atoms with Crippen molar-refractivity contribution in [1.82, 2.24) is 19.6 Å². The number of rotatable bonds is 3. The fraction of sp³-hybridized carbons (Fsp3) is 0.211. The zero-order chi connectivity index (χ0) is 17.6. The monoisotopic (exact) mass is 334 g/mol. The second-order valence-corrected chi connectivity index (χ2v) is 5.89. The first-order chi connectivity index (χ1) is 12.1. The summed E-state index contributed by atoms with van der Waals surface area (Å²) in [6.45, 7) is 4.01. The van der Waals surface area contributed by atoms with Gasteiger partial charge in [0.05, 0.1) is 25.4 Å². The minimum atomic E-state index is 0.617. The summed E-state index contributed by atoms with van der Waals surface area (Å²) in [5, 5.41) is 8.73. The maximum absolute atomic E-state index is 5.48. The molecular weight excluding hydrogens is 316 g/mol. The summed E-state index contributed by atoms with van der Waals surface area (Å²) in [6.07, 6.45) is 0. The van der Waals surface area contributed by atoms with E-state index in [1.165, 1.54) is 0 Å². The van der Waals surface area contributed by atoms with E-state index in [4.69, 9.17) is 14.5 Å². The van der Waals surface area contributed by atoms with Crippen LogP contribution in [0.1, 0.15) is 11.3 Å². The zero-order valence-corrected chi connectivity index (χ0v) is 14.6. The lowest BCUT2D eigenvalue weighted by atomic mass is 10.1. The highest BCUT2D eigenvalue weighted by molar-refractivity contribution is 5.87. The molecule has 4 rings (SSSR count). The van der Waals surface area contributed by atoms with Crippen LogP contribution in [-0.4, -0.2) is 33.8 Å². The molecule has 0 amide bonds. The largest absolute Gasteiger partial charge is 0.497 e. The van der Waals surface area contributed by atoms with Gasteiger partial charge in [-0.3, -0.25) is 4.40 Å². The number of fused-ring (bicyclic) bond motifs is 3. The fourth-order valence-electron chi connectivity index (χ4n) is 3.08. The summed E-state index contributed by atoms with van der Waals surface area (Å²) in [7, 11) is 3.25. The molecular formula is C19H18N4O2. The molecule has 0 atom stereocenters. The lowest BCUT2D eigenvalue weighted by Gasteiger charge is -2.11. The predicted molar refractivity (Wildman–Crippen MR) is 96.3 cm³/mol. The molecule has 0 spiro atoms. The molecule has 0 aliphatic rings. The van der Waals surface area contributed by atoms with Crippen LogP contribution in [0.15, 0.2) is 36.4 Å². The van der Waals surface area contributed by atoms with Crippen molar-refractivity contribution in [3.05, 3.63) is 47.7 Å². The van der Waals surface area contributed by atoms with Crippen LogP contribution in [0, 0.1) is 13.8 Å². The average Bonchev–Trinajstić information content (AvgIpc) is 2.98. The van der Waals surface area contributed by atoms with Crippen molar-refractivity contribution in [1.29, 1.82) is 0 Å². The molecule has 126 valence electrons. The van der Waals surface area contributed by atoms with E-state index in [0.717, 1.165) is 33.8 Å². The second kappa shape index (κ2) is 5.73. The molecule has 0 aliphatic carbocycles. The van der Waals surface area contributed by atoms with Crippen molar-refractivity contribution >= 4 is 16.7 Å². The second-order valence-electron chi connectivity index (χ2n) is 5.89. The van der Waals surface area contributed by atoms with Gasteiger partial charge in [-0.25, -0.2) is 4.98 Å². The third kappa shape index (κ3) is 2.29. The highest BCUT2D eigenvalue weighted by atomic mass is 16.5. The van der Waals surface area contributed by atoms with Crippen molar-refractivity contribution in [3.8, 4) is 22.9 Å². The van der Waals surface area contributed by atoms with Crippen LogP contribution in [0.4, 0.5) is 0 Å². The van der Waals surface area contributed by atoms with E-state index in [0.29, 0.717) is 17.0 Å². The van der Waals surface area contributed by atoms with E-state index in [-0.39, 0.29) is 0 Å². The van der Waals surface area contributed by atoms with Gasteiger partial charge in [0.2, 0.25) is 0 Å². The number of ether oxygens (including phenoxy) is 2. The first-order valence-corrected chi connectivity index (χ1v) is 7.97. The van der Waals surface area contributed by atoms with Crippen molar-refractivity contribution in [2.24, 2.45) is 0 Å². The van der Waals surface area contributed by atoms with Crippen LogP contribution in [-0.2, 0) is 0 Å². The van der Waals surface area contributed by atoms with Gasteiger partial charge in [-0.1, -0.05) is 24.3 Å². The third-order valence-corrected chi connectivity index (χ3v) is 4.38. The van der Waals surface area contributed by atoms with E-state index in [2.05, 4.69) is 29.3 Å². The maximum Gasteiger partial charge on any atom is 0.183 e. The van der Waals surface area contributed by atoms with E-state index >= 15 is 0 Å². The SMILES string of the molecule is COc1cc(OC)c2nnc3c(C)nc(-c4ccccc4C)n3c2c1. The Hall–Kier alpha value is -3.15. The standard InChI is InChI=1S/C19H18N4O2/c1-11-7-5-6-8-14(11)19-20-12(2)18-22-21-17-15(23(18)19)9-13(24-3)10-16(17)25-4/h5-10H,1-4H3. The average molecular weight is 334 g/mol. The van der Waals surface area contributed by atoms with Crippen LogP contribution in [0.2, 0.25) is 0 Å². The molecule has 6 heteroatoms. The molecule has 25 heavy (non-hydrogen) atoms. The Kier molecular flexibility index (Phi) is 3.53. The van der Waals surface area contributed by atoms with Crippen LogP contribution >= 0.6 is 0 Å². The molecule has 2 heterocycles. The molecule has 0 fully saturated rings. The number of hydrogen-bond acceptors (Lipinski definition) is 5. The van der Waals surface area contributed by atoms with Gasteiger partial charge >= 0.3 is 0 Å². The van der Waals surface area contributed by atoms with Gasteiger partial charge in [0, 0.05) is 17.7 Å². The van der Waals surface area contributed by atoms with Crippen LogP contribution in [0.5, 0.6) is 11.5 Å². The van der Waals surface area contributed by atoms with Gasteiger partial charge in [0.1, 0.15) is 11.6 Å². The molecule has 0 unspecified atom stereocenters. The number of nitrogens with zero attached hydrogens (tertiary/aromatic N) is 4. The van der Waals surface area contributed by atoms with Crippen molar-refractivity contribution in [2.75, 3.05) is 14.2 Å². The lowest BCUT2D eigenvalue weighted by molar-refractivity contribution is 0.397. The summed E-state index contributed by atoms with van der Waals surface area (Å²) < 4.78 is 12.9. The number of aryl methyl sites for hydroxylation is 2. The Morgan fingerprint density at radius 3 is 2.48 bits per heavy atom. The molecule has 2 aromatic carbocycles. The Bertz CT molecular complexity index is 1100.